The number of hydrogen-bond donors (Lipinski definition) is 2. The van der Waals surface area contributed by atoms with E-state index < -0.39 is 79.3 Å². The second-order valence-corrected chi connectivity index (χ2v) is 17.1. The van der Waals surface area contributed by atoms with Crippen LogP contribution in [0.3, 0.4) is 0 Å². The predicted molar refractivity (Wildman–Crippen MR) is 143 cm³/mol. The van der Waals surface area contributed by atoms with E-state index in [0.717, 1.165) is 37.0 Å². The number of amides is 2. The van der Waals surface area contributed by atoms with E-state index in [1.54, 1.807) is 0 Å². The van der Waals surface area contributed by atoms with Gasteiger partial charge in [0.1, 0.15) is 17.5 Å². The van der Waals surface area contributed by atoms with Crippen LogP contribution in [0, 0.1) is 17.8 Å². The molecule has 14 heteroatoms. The summed E-state index contributed by atoms with van der Waals surface area (Å²) in [7, 11) is -3.78. The summed E-state index contributed by atoms with van der Waals surface area (Å²) in [6, 6.07) is -2.76. The molecule has 0 bridgehead atoms. The van der Waals surface area contributed by atoms with Crippen molar-refractivity contribution in [3.8, 4) is 0 Å². The number of ketones is 1. The number of sulfone groups is 1. The number of nitrogens with one attached hydrogen (secondary N) is 1. The molecule has 3 saturated heterocycles. The van der Waals surface area contributed by atoms with Crippen LogP contribution in [-0.4, -0.2) is 87.9 Å². The van der Waals surface area contributed by atoms with Gasteiger partial charge in [0.2, 0.25) is 18.6 Å². The third kappa shape index (κ3) is 4.36. The van der Waals surface area contributed by atoms with Crippen molar-refractivity contribution >= 4 is 51.1 Å². The van der Waals surface area contributed by atoms with E-state index in [1.807, 2.05) is 13.8 Å². The van der Waals surface area contributed by atoms with Crippen molar-refractivity contribution in [3.05, 3.63) is 0 Å². The van der Waals surface area contributed by atoms with E-state index in [2.05, 4.69) is 5.32 Å². The molecule has 7 atom stereocenters. The summed E-state index contributed by atoms with van der Waals surface area (Å²) in [5.74, 6) is -4.18. The molecule has 2 saturated carbocycles. The smallest absolute Gasteiger partial charge is 0.333 e. The van der Waals surface area contributed by atoms with Crippen molar-refractivity contribution in [2.24, 2.45) is 23.5 Å². The van der Waals surface area contributed by atoms with Crippen LogP contribution in [0.4, 0.5) is 0 Å². The monoisotopic (exact) mass is 599 g/mol. The molecule has 0 radical (unpaired) electrons. The van der Waals surface area contributed by atoms with Gasteiger partial charge in [0.05, 0.1) is 23.1 Å². The fourth-order valence-corrected chi connectivity index (χ4v) is 11.0. The van der Waals surface area contributed by atoms with Crippen LogP contribution >= 0.6 is 11.8 Å². The second kappa shape index (κ2) is 9.97. The fourth-order valence-electron chi connectivity index (χ4n) is 7.04. The molecule has 12 nitrogen and oxygen atoms in total. The number of rotatable bonds is 7. The van der Waals surface area contributed by atoms with Crippen LogP contribution in [0.25, 0.3) is 0 Å². The van der Waals surface area contributed by atoms with Crippen molar-refractivity contribution in [2.75, 3.05) is 6.79 Å². The van der Waals surface area contributed by atoms with Gasteiger partial charge in [-0.15, -0.1) is 11.8 Å². The Morgan fingerprint density at radius 2 is 1.70 bits per heavy atom. The van der Waals surface area contributed by atoms with Crippen LogP contribution in [0.15, 0.2) is 0 Å². The van der Waals surface area contributed by atoms with Gasteiger partial charge in [0.15, 0.2) is 15.6 Å². The Balaban J connectivity index is 1.17. The molecular formula is C26H37N3O9S2. The summed E-state index contributed by atoms with van der Waals surface area (Å²) in [5.41, 5.74) is 6.21. The lowest BCUT2D eigenvalue weighted by molar-refractivity contribution is -0.179. The number of nitrogens with two attached hydrogens (primary N) is 1. The molecule has 0 aromatic carbocycles. The maximum Gasteiger partial charge on any atom is 0.333 e. The minimum absolute atomic E-state index is 0.0952. The Bertz CT molecular complexity index is 1240. The topological polar surface area (TPSA) is 179 Å². The number of fused-ring (bicyclic) bond motifs is 2. The van der Waals surface area contributed by atoms with Crippen molar-refractivity contribution in [3.63, 3.8) is 0 Å². The van der Waals surface area contributed by atoms with Gasteiger partial charge in [-0.25, -0.2) is 13.2 Å². The minimum atomic E-state index is -3.78. The molecule has 2 amide bonds. The van der Waals surface area contributed by atoms with Crippen LogP contribution in [-0.2, 0) is 43.3 Å². The van der Waals surface area contributed by atoms with Gasteiger partial charge in [0, 0.05) is 15.9 Å². The first-order valence-electron chi connectivity index (χ1n) is 13.8. The van der Waals surface area contributed by atoms with Crippen LogP contribution in [0.2, 0.25) is 0 Å². The van der Waals surface area contributed by atoms with E-state index in [1.165, 1.54) is 25.6 Å². The highest BCUT2D eigenvalue weighted by Crippen LogP contribution is 2.58. The number of ether oxygens (including phenoxy) is 2. The van der Waals surface area contributed by atoms with Crippen LogP contribution < -0.4 is 11.1 Å². The second-order valence-electron chi connectivity index (χ2n) is 12.6. The van der Waals surface area contributed by atoms with Gasteiger partial charge in [-0.1, -0.05) is 19.3 Å². The average molecular weight is 600 g/mol. The summed E-state index contributed by atoms with van der Waals surface area (Å²) < 4.78 is 33.6. The van der Waals surface area contributed by atoms with Gasteiger partial charge in [-0.05, 0) is 46.5 Å². The normalized spacial score (nSPS) is 36.0. The highest BCUT2D eigenvalue weighted by molar-refractivity contribution is 8.01. The van der Waals surface area contributed by atoms with E-state index in [4.69, 9.17) is 15.2 Å². The first kappa shape index (κ1) is 29.3. The highest BCUT2D eigenvalue weighted by atomic mass is 32.2. The Morgan fingerprint density at radius 1 is 1.07 bits per heavy atom. The Labute approximate surface area is 237 Å². The molecule has 5 aliphatic rings. The molecule has 0 aromatic heterocycles. The van der Waals surface area contributed by atoms with Gasteiger partial charge in [0.25, 0.3) is 0 Å². The fraction of sp³-hybridized carbons (Fsp3) is 0.808. The van der Waals surface area contributed by atoms with Crippen molar-refractivity contribution in [1.29, 1.82) is 0 Å². The first-order valence-corrected chi connectivity index (χ1v) is 16.2. The maximum absolute atomic E-state index is 13.1. The highest BCUT2D eigenvalue weighted by Gasteiger charge is 2.69. The summed E-state index contributed by atoms with van der Waals surface area (Å²) in [4.78, 5) is 64.9. The third-order valence-electron chi connectivity index (χ3n) is 9.48. The number of hydrogen-bond acceptors (Lipinski definition) is 11. The van der Waals surface area contributed by atoms with Gasteiger partial charge >= 0.3 is 11.9 Å². The third-order valence-corrected chi connectivity index (χ3v) is 14.0. The lowest BCUT2D eigenvalue weighted by atomic mass is 9.67. The molecule has 40 heavy (non-hydrogen) atoms. The zero-order chi connectivity index (χ0) is 29.4. The summed E-state index contributed by atoms with van der Waals surface area (Å²) >= 11 is 1.43. The number of Topliss-reactive ketones (excluding diaryl/α,β-unsaturated/α-hetero) is 1. The lowest BCUT2D eigenvalue weighted by Gasteiger charge is -2.40. The number of carbonyl (C=O) groups is 5. The zero-order valence-corrected chi connectivity index (χ0v) is 24.7. The molecule has 0 spiro atoms. The molecule has 2 aliphatic carbocycles. The van der Waals surface area contributed by atoms with Crippen LogP contribution in [0.1, 0.15) is 66.2 Å². The number of thioether (sulfide) groups is 1. The van der Waals surface area contributed by atoms with E-state index in [9.17, 15) is 32.4 Å². The molecular weight excluding hydrogens is 562 g/mol. The molecule has 3 aliphatic heterocycles. The zero-order valence-electron chi connectivity index (χ0n) is 23.1. The van der Waals surface area contributed by atoms with Crippen LogP contribution in [0.5, 0.6) is 0 Å². The molecule has 5 rings (SSSR count). The number of carbonyl (C=O) groups excluding carboxylic acids is 5. The molecule has 222 valence electrons. The molecule has 3 heterocycles. The van der Waals surface area contributed by atoms with Gasteiger partial charge in [-0.2, -0.15) is 0 Å². The Kier molecular flexibility index (Phi) is 7.30. The van der Waals surface area contributed by atoms with Gasteiger partial charge in [-0.3, -0.25) is 19.2 Å². The molecule has 0 unspecified atom stereocenters. The standard InChI is InChI=1S/C26H37N3O9S2/c1-25(2)16(15-19(31)18(20(15)39-25)28-22(32)17(27)12-8-6-5-7-9-12)23(33)37-11-38-24(34)21-26(3,4)40(35,36)14-10-13(30)29(14)21/h12,14-18,20-21H,5-11,27H2,1-4H3,(H,28,32)/t14-,15+,16-,17-,18+,20-,21-/m1/s1. The quantitative estimate of drug-likeness (QED) is 0.233. The predicted octanol–water partition coefficient (Wildman–Crippen LogP) is 0.266. The largest absolute Gasteiger partial charge is 0.428 e. The minimum Gasteiger partial charge on any atom is -0.428 e. The average Bonchev–Trinajstić information content (AvgIpc) is 3.22. The Hall–Kier alpha value is -2.19. The van der Waals surface area contributed by atoms with Crippen molar-refractivity contribution in [2.45, 2.75) is 104 Å². The molecule has 0 aromatic rings. The number of esters is 2. The SMILES string of the molecule is CC1(C)S[C@@H]2[C@H](C(=O)[C@@H]2NC(=O)[C@H](N)C2CCCCC2)[C@@H]1C(=O)OCOC(=O)[C@H]1N2C(=O)C[C@H]2S(=O)(=O)C1(C)C. The van der Waals surface area contributed by atoms with Crippen molar-refractivity contribution < 1.29 is 41.9 Å². The maximum atomic E-state index is 13.1. The van der Waals surface area contributed by atoms with Crippen molar-refractivity contribution in [1.82, 2.24) is 10.2 Å². The molecule has 3 N–H and O–H groups in total. The Morgan fingerprint density at radius 3 is 2.33 bits per heavy atom. The summed E-state index contributed by atoms with van der Waals surface area (Å²) in [5, 5.41) is 1.44. The number of β-lactam (4-membered cyclic amide) rings is 1. The lowest BCUT2D eigenvalue weighted by Crippen LogP contribution is -2.65. The van der Waals surface area contributed by atoms with E-state index >= 15 is 0 Å². The summed E-state index contributed by atoms with van der Waals surface area (Å²) in [6.45, 7) is 5.58. The van der Waals surface area contributed by atoms with E-state index in [-0.39, 0.29) is 29.3 Å². The summed E-state index contributed by atoms with van der Waals surface area (Å²) in [6.07, 6.45) is 4.82. The number of nitrogens with zero attached hydrogens (tertiary/aromatic N) is 1. The van der Waals surface area contributed by atoms with Gasteiger partial charge < -0.3 is 25.4 Å². The van der Waals surface area contributed by atoms with E-state index in [0.29, 0.717) is 0 Å². The molecule has 5 fully saturated rings. The first-order chi connectivity index (χ1) is 18.6.